The highest BCUT2D eigenvalue weighted by molar-refractivity contribution is 6.31. The summed E-state index contributed by atoms with van der Waals surface area (Å²) in [5.74, 6) is 1.85. The first-order chi connectivity index (χ1) is 13.7. The van der Waals surface area contributed by atoms with Crippen molar-refractivity contribution in [2.24, 2.45) is 10.9 Å². The molecule has 2 aromatic rings. The molecular weight excluding hydrogens is 389 g/mol. The van der Waals surface area contributed by atoms with Crippen LogP contribution in [0.1, 0.15) is 49.3 Å². The SMILES string of the molecule is Clc1ccc(C2c3ccc(Cl)cc3N(CC3CCCCC3)C3=NCCN32)cc1. The van der Waals surface area contributed by atoms with Crippen LogP contribution in [0.15, 0.2) is 47.5 Å². The molecule has 3 nitrogen and oxygen atoms in total. The van der Waals surface area contributed by atoms with Crippen LogP contribution in [0.3, 0.4) is 0 Å². The molecule has 1 saturated carbocycles. The van der Waals surface area contributed by atoms with Gasteiger partial charge in [0.2, 0.25) is 5.96 Å². The molecule has 5 rings (SSSR count). The fourth-order valence-electron chi connectivity index (χ4n) is 5.00. The van der Waals surface area contributed by atoms with Gasteiger partial charge < -0.3 is 9.80 Å². The molecule has 2 aliphatic heterocycles. The van der Waals surface area contributed by atoms with E-state index in [1.54, 1.807) is 0 Å². The number of benzene rings is 2. The third kappa shape index (κ3) is 3.29. The van der Waals surface area contributed by atoms with Gasteiger partial charge in [0.05, 0.1) is 18.3 Å². The van der Waals surface area contributed by atoms with Gasteiger partial charge in [-0.05, 0) is 48.6 Å². The van der Waals surface area contributed by atoms with Crippen LogP contribution in [-0.4, -0.2) is 30.5 Å². The molecular formula is C23H25Cl2N3. The molecule has 1 aliphatic carbocycles. The molecule has 0 saturated heterocycles. The Bertz CT molecular complexity index is 887. The summed E-state index contributed by atoms with van der Waals surface area (Å²) in [5.41, 5.74) is 3.78. The minimum Gasteiger partial charge on any atom is -0.329 e. The number of fused-ring (bicyclic) bond motifs is 2. The van der Waals surface area contributed by atoms with Gasteiger partial charge in [-0.2, -0.15) is 0 Å². The Morgan fingerprint density at radius 2 is 1.68 bits per heavy atom. The molecule has 1 unspecified atom stereocenters. The molecule has 0 amide bonds. The predicted octanol–water partition coefficient (Wildman–Crippen LogP) is 6.15. The van der Waals surface area contributed by atoms with Gasteiger partial charge in [0.25, 0.3) is 0 Å². The van der Waals surface area contributed by atoms with Crippen molar-refractivity contribution in [3.8, 4) is 0 Å². The summed E-state index contributed by atoms with van der Waals surface area (Å²) < 4.78 is 0. The van der Waals surface area contributed by atoms with Crippen LogP contribution in [0.2, 0.25) is 10.0 Å². The Hall–Kier alpha value is -1.71. The average molecular weight is 414 g/mol. The van der Waals surface area contributed by atoms with Gasteiger partial charge in [-0.1, -0.05) is 60.7 Å². The molecule has 28 heavy (non-hydrogen) atoms. The second kappa shape index (κ2) is 7.61. The minimum atomic E-state index is 0.161. The van der Waals surface area contributed by atoms with Crippen molar-refractivity contribution in [1.29, 1.82) is 0 Å². The van der Waals surface area contributed by atoms with Gasteiger partial charge in [0.1, 0.15) is 0 Å². The summed E-state index contributed by atoms with van der Waals surface area (Å²) in [5, 5.41) is 1.56. The predicted molar refractivity (Wildman–Crippen MR) is 118 cm³/mol. The third-order valence-electron chi connectivity index (χ3n) is 6.33. The average Bonchev–Trinajstić information content (AvgIpc) is 3.19. The second-order valence-corrected chi connectivity index (χ2v) is 9.02. The van der Waals surface area contributed by atoms with Crippen LogP contribution in [0, 0.1) is 5.92 Å². The normalized spacial score (nSPS) is 22.1. The summed E-state index contributed by atoms with van der Waals surface area (Å²) in [4.78, 5) is 9.83. The highest BCUT2D eigenvalue weighted by Crippen LogP contribution is 2.43. The van der Waals surface area contributed by atoms with Crippen LogP contribution >= 0.6 is 23.2 Å². The number of halogens is 2. The standard InChI is InChI=1S/C23H25Cl2N3/c24-18-8-6-17(7-9-18)22-20-11-10-19(25)14-21(20)28(23-26-12-13-27(22)23)15-16-4-2-1-3-5-16/h6-11,14,16,22H,1-5,12-13,15H2. The zero-order chi connectivity index (χ0) is 19.1. The van der Waals surface area contributed by atoms with Gasteiger partial charge in [0, 0.05) is 28.7 Å². The quantitative estimate of drug-likeness (QED) is 0.600. The number of hydrogen-bond donors (Lipinski definition) is 0. The van der Waals surface area contributed by atoms with Gasteiger partial charge in [-0.25, -0.2) is 0 Å². The summed E-state index contributed by atoms with van der Waals surface area (Å²) in [6, 6.07) is 14.7. The molecule has 0 N–H and O–H groups in total. The third-order valence-corrected chi connectivity index (χ3v) is 6.82. The number of aliphatic imine (C=N–C) groups is 1. The number of guanidine groups is 1. The van der Waals surface area contributed by atoms with Crippen molar-refractivity contribution in [3.05, 3.63) is 63.6 Å². The Kier molecular flexibility index (Phi) is 4.98. The van der Waals surface area contributed by atoms with Gasteiger partial charge in [-0.3, -0.25) is 4.99 Å². The van der Waals surface area contributed by atoms with Crippen LogP contribution in [0.4, 0.5) is 5.69 Å². The second-order valence-electron chi connectivity index (χ2n) is 8.15. The van der Waals surface area contributed by atoms with E-state index in [9.17, 15) is 0 Å². The topological polar surface area (TPSA) is 18.8 Å². The van der Waals surface area contributed by atoms with E-state index >= 15 is 0 Å². The van der Waals surface area contributed by atoms with Crippen LogP contribution in [0.25, 0.3) is 0 Å². The lowest BCUT2D eigenvalue weighted by Crippen LogP contribution is -2.50. The summed E-state index contributed by atoms with van der Waals surface area (Å²) >= 11 is 12.6. The maximum absolute atomic E-state index is 6.44. The van der Waals surface area contributed by atoms with Crippen molar-refractivity contribution in [2.75, 3.05) is 24.5 Å². The van der Waals surface area contributed by atoms with Crippen molar-refractivity contribution in [2.45, 2.75) is 38.1 Å². The maximum Gasteiger partial charge on any atom is 0.202 e. The molecule has 2 heterocycles. The molecule has 1 atom stereocenters. The molecule has 1 fully saturated rings. The Labute approximate surface area is 177 Å². The van der Waals surface area contributed by atoms with Gasteiger partial charge in [-0.15, -0.1) is 0 Å². The largest absolute Gasteiger partial charge is 0.329 e. The molecule has 0 aromatic heterocycles. The fourth-order valence-corrected chi connectivity index (χ4v) is 5.30. The highest BCUT2D eigenvalue weighted by atomic mass is 35.5. The van der Waals surface area contributed by atoms with Crippen molar-refractivity contribution >= 4 is 34.8 Å². The first-order valence-electron chi connectivity index (χ1n) is 10.3. The molecule has 0 spiro atoms. The Balaban J connectivity index is 1.58. The van der Waals surface area contributed by atoms with E-state index in [2.05, 4.69) is 34.1 Å². The number of hydrogen-bond acceptors (Lipinski definition) is 3. The number of anilines is 1. The Morgan fingerprint density at radius 1 is 0.929 bits per heavy atom. The van der Waals surface area contributed by atoms with Gasteiger partial charge >= 0.3 is 0 Å². The van der Waals surface area contributed by atoms with E-state index in [0.717, 1.165) is 41.6 Å². The molecule has 0 radical (unpaired) electrons. The summed E-state index contributed by atoms with van der Waals surface area (Å²) in [6.45, 7) is 2.84. The zero-order valence-electron chi connectivity index (χ0n) is 16.0. The lowest BCUT2D eigenvalue weighted by atomic mass is 9.87. The van der Waals surface area contributed by atoms with Crippen molar-refractivity contribution in [1.82, 2.24) is 4.90 Å². The lowest BCUT2D eigenvalue weighted by Gasteiger charge is -2.44. The maximum atomic E-state index is 6.44. The fraction of sp³-hybridized carbons (Fsp3) is 0.435. The monoisotopic (exact) mass is 413 g/mol. The molecule has 0 bridgehead atoms. The molecule has 5 heteroatoms. The van der Waals surface area contributed by atoms with E-state index in [-0.39, 0.29) is 6.04 Å². The van der Waals surface area contributed by atoms with Crippen LogP contribution in [0.5, 0.6) is 0 Å². The minimum absolute atomic E-state index is 0.161. The van der Waals surface area contributed by atoms with Crippen LogP contribution < -0.4 is 4.90 Å². The van der Waals surface area contributed by atoms with Crippen molar-refractivity contribution in [3.63, 3.8) is 0 Å². The smallest absolute Gasteiger partial charge is 0.202 e. The van der Waals surface area contributed by atoms with Crippen molar-refractivity contribution < 1.29 is 0 Å². The summed E-state index contributed by atoms with van der Waals surface area (Å²) in [6.07, 6.45) is 6.72. The highest BCUT2D eigenvalue weighted by Gasteiger charge is 2.39. The number of rotatable bonds is 3. The Morgan fingerprint density at radius 3 is 2.46 bits per heavy atom. The first kappa shape index (κ1) is 18.3. The van der Waals surface area contributed by atoms with E-state index in [4.69, 9.17) is 28.2 Å². The van der Waals surface area contributed by atoms with E-state index < -0.39 is 0 Å². The zero-order valence-corrected chi connectivity index (χ0v) is 17.5. The molecule has 2 aromatic carbocycles. The number of nitrogens with zero attached hydrogens (tertiary/aromatic N) is 3. The van der Waals surface area contributed by atoms with Crippen LogP contribution in [-0.2, 0) is 0 Å². The lowest BCUT2D eigenvalue weighted by molar-refractivity contribution is 0.344. The first-order valence-corrected chi connectivity index (χ1v) is 11.1. The molecule has 146 valence electrons. The van der Waals surface area contributed by atoms with E-state index in [1.165, 1.54) is 48.9 Å². The summed E-state index contributed by atoms with van der Waals surface area (Å²) in [7, 11) is 0. The molecule has 3 aliphatic rings. The van der Waals surface area contributed by atoms with E-state index in [0.29, 0.717) is 0 Å². The van der Waals surface area contributed by atoms with E-state index in [1.807, 2.05) is 18.2 Å². The van der Waals surface area contributed by atoms with Gasteiger partial charge in [0.15, 0.2) is 0 Å².